The first-order valence-electron chi connectivity index (χ1n) is 10.5. The number of carbonyl (C=O) groups is 1. The minimum absolute atomic E-state index is 0.156. The van der Waals surface area contributed by atoms with Crippen molar-refractivity contribution in [2.45, 2.75) is 25.7 Å². The van der Waals surface area contributed by atoms with Gasteiger partial charge in [0, 0.05) is 19.3 Å². The van der Waals surface area contributed by atoms with Crippen molar-refractivity contribution in [1.29, 1.82) is 0 Å². The fourth-order valence-corrected chi connectivity index (χ4v) is 3.95. The molecule has 4 rings (SSSR count). The van der Waals surface area contributed by atoms with E-state index < -0.39 is 17.2 Å². The summed E-state index contributed by atoms with van der Waals surface area (Å²) in [7, 11) is 0. The van der Waals surface area contributed by atoms with Crippen LogP contribution in [0.3, 0.4) is 0 Å². The number of aromatic nitrogens is 2. The molecule has 1 aliphatic heterocycles. The fraction of sp³-hybridized carbons (Fsp3) is 0.348. The first kappa shape index (κ1) is 21.0. The number of benzene rings is 1. The first-order chi connectivity index (χ1) is 15.0. The van der Waals surface area contributed by atoms with E-state index in [4.69, 9.17) is 0 Å². The summed E-state index contributed by atoms with van der Waals surface area (Å²) in [4.78, 5) is 34.2. The van der Waals surface area contributed by atoms with E-state index in [-0.39, 0.29) is 16.9 Å². The molecule has 31 heavy (non-hydrogen) atoms. The zero-order chi connectivity index (χ0) is 21.8. The van der Waals surface area contributed by atoms with E-state index in [0.29, 0.717) is 25.0 Å². The third-order valence-electron chi connectivity index (χ3n) is 5.59. The predicted molar refractivity (Wildman–Crippen MR) is 116 cm³/mol. The Labute approximate surface area is 178 Å². The van der Waals surface area contributed by atoms with Crippen LogP contribution in [0.25, 0.3) is 11.0 Å². The third kappa shape index (κ3) is 4.91. The SMILES string of the molecule is O=C(NCCN1CCCCC1)c1c(O)c2ncc(Cc3ccc(F)cc3)cc2[nH]c1=O. The lowest BCUT2D eigenvalue weighted by molar-refractivity contribution is 0.0942. The summed E-state index contributed by atoms with van der Waals surface area (Å²) in [6, 6.07) is 7.82. The molecule has 1 aromatic carbocycles. The Kier molecular flexibility index (Phi) is 6.27. The van der Waals surface area contributed by atoms with Crippen molar-refractivity contribution in [2.75, 3.05) is 26.2 Å². The number of amides is 1. The number of rotatable bonds is 6. The lowest BCUT2D eigenvalue weighted by atomic mass is 10.1. The van der Waals surface area contributed by atoms with Gasteiger partial charge in [-0.25, -0.2) is 4.39 Å². The smallest absolute Gasteiger partial charge is 0.265 e. The van der Waals surface area contributed by atoms with Gasteiger partial charge in [0.15, 0.2) is 5.75 Å². The standard InChI is InChI=1S/C23H25FN4O3/c24-17-6-4-15(5-7-17)12-16-13-18-20(26-14-16)21(29)19(23(31)27-18)22(30)25-8-11-28-9-2-1-3-10-28/h4-7,13-14H,1-3,8-12H2,(H,25,30)(H2,27,29,31). The summed E-state index contributed by atoms with van der Waals surface area (Å²) >= 11 is 0. The van der Waals surface area contributed by atoms with Gasteiger partial charge in [-0.3, -0.25) is 14.6 Å². The molecule has 0 unspecified atom stereocenters. The van der Waals surface area contributed by atoms with E-state index in [9.17, 15) is 19.1 Å². The molecule has 8 heteroatoms. The van der Waals surface area contributed by atoms with E-state index in [0.717, 1.165) is 37.1 Å². The number of hydrogen-bond donors (Lipinski definition) is 3. The second kappa shape index (κ2) is 9.26. The number of nitrogens with one attached hydrogen (secondary N) is 2. The Bertz CT molecular complexity index is 1140. The van der Waals surface area contributed by atoms with Crippen LogP contribution in [0.2, 0.25) is 0 Å². The molecule has 162 valence electrons. The summed E-state index contributed by atoms with van der Waals surface area (Å²) in [6.07, 6.45) is 5.62. The zero-order valence-corrected chi connectivity index (χ0v) is 17.2. The van der Waals surface area contributed by atoms with E-state index in [1.54, 1.807) is 24.4 Å². The summed E-state index contributed by atoms with van der Waals surface area (Å²) in [5.74, 6) is -1.35. The highest BCUT2D eigenvalue weighted by Crippen LogP contribution is 2.24. The zero-order valence-electron chi connectivity index (χ0n) is 17.2. The monoisotopic (exact) mass is 424 g/mol. The van der Waals surface area contributed by atoms with Gasteiger partial charge in [0.2, 0.25) is 0 Å². The molecule has 0 atom stereocenters. The van der Waals surface area contributed by atoms with E-state index in [1.807, 2.05) is 0 Å². The molecule has 7 nitrogen and oxygen atoms in total. The number of aromatic hydroxyl groups is 1. The van der Waals surface area contributed by atoms with Crippen molar-refractivity contribution in [1.82, 2.24) is 20.2 Å². The largest absolute Gasteiger partial charge is 0.505 e. The van der Waals surface area contributed by atoms with Gasteiger partial charge in [-0.15, -0.1) is 0 Å². The molecule has 0 spiro atoms. The molecule has 3 N–H and O–H groups in total. The van der Waals surface area contributed by atoms with Gasteiger partial charge >= 0.3 is 0 Å². The van der Waals surface area contributed by atoms with E-state index in [2.05, 4.69) is 20.2 Å². The number of hydrogen-bond acceptors (Lipinski definition) is 5. The fourth-order valence-electron chi connectivity index (χ4n) is 3.95. The highest BCUT2D eigenvalue weighted by atomic mass is 19.1. The van der Waals surface area contributed by atoms with E-state index in [1.165, 1.54) is 18.6 Å². The average molecular weight is 424 g/mol. The number of pyridine rings is 2. The Morgan fingerprint density at radius 3 is 2.65 bits per heavy atom. The van der Waals surface area contributed by atoms with Crippen LogP contribution in [0.4, 0.5) is 4.39 Å². The van der Waals surface area contributed by atoms with Gasteiger partial charge in [0.1, 0.15) is 16.9 Å². The first-order valence-corrected chi connectivity index (χ1v) is 10.5. The molecule has 1 aliphatic rings. The van der Waals surface area contributed by atoms with Crippen molar-refractivity contribution in [3.8, 4) is 5.75 Å². The number of fused-ring (bicyclic) bond motifs is 1. The van der Waals surface area contributed by atoms with Crippen LogP contribution < -0.4 is 10.9 Å². The molecule has 3 aromatic rings. The molecule has 1 fully saturated rings. The molecule has 1 amide bonds. The van der Waals surface area contributed by atoms with Crippen LogP contribution in [-0.4, -0.2) is 52.1 Å². The lowest BCUT2D eigenvalue weighted by Gasteiger charge is -2.26. The average Bonchev–Trinajstić information content (AvgIpc) is 2.76. The van der Waals surface area contributed by atoms with Crippen LogP contribution in [-0.2, 0) is 6.42 Å². The van der Waals surface area contributed by atoms with Crippen molar-refractivity contribution in [3.05, 3.63) is 69.4 Å². The van der Waals surface area contributed by atoms with Gasteiger partial charge in [0.25, 0.3) is 11.5 Å². The second-order valence-electron chi connectivity index (χ2n) is 7.88. The topological polar surface area (TPSA) is 98.3 Å². The maximum Gasteiger partial charge on any atom is 0.265 e. The Hall–Kier alpha value is -3.26. The summed E-state index contributed by atoms with van der Waals surface area (Å²) < 4.78 is 13.1. The molecule has 3 heterocycles. The molecular formula is C23H25FN4O3. The quantitative estimate of drug-likeness (QED) is 0.565. The maximum atomic E-state index is 13.1. The summed E-state index contributed by atoms with van der Waals surface area (Å²) in [5.41, 5.74) is 1.17. The summed E-state index contributed by atoms with van der Waals surface area (Å²) in [5, 5.41) is 13.3. The van der Waals surface area contributed by atoms with Gasteiger partial charge in [0.05, 0.1) is 5.52 Å². The van der Waals surface area contributed by atoms with E-state index >= 15 is 0 Å². The van der Waals surface area contributed by atoms with Gasteiger partial charge in [-0.2, -0.15) is 0 Å². The molecule has 0 bridgehead atoms. The number of nitrogens with zero attached hydrogens (tertiary/aromatic N) is 2. The Balaban J connectivity index is 1.50. The molecule has 0 saturated carbocycles. The Morgan fingerprint density at radius 2 is 1.90 bits per heavy atom. The van der Waals surface area contributed by atoms with Gasteiger partial charge < -0.3 is 20.3 Å². The lowest BCUT2D eigenvalue weighted by Crippen LogP contribution is -2.38. The number of H-pyrrole nitrogens is 1. The molecule has 1 saturated heterocycles. The van der Waals surface area contributed by atoms with Crippen LogP contribution in [0, 0.1) is 5.82 Å². The van der Waals surface area contributed by atoms with Crippen LogP contribution in [0.5, 0.6) is 5.75 Å². The van der Waals surface area contributed by atoms with Crippen LogP contribution in [0.15, 0.2) is 41.3 Å². The van der Waals surface area contributed by atoms with Crippen molar-refractivity contribution >= 4 is 16.9 Å². The highest BCUT2D eigenvalue weighted by molar-refractivity contribution is 6.01. The van der Waals surface area contributed by atoms with Crippen LogP contribution in [0.1, 0.15) is 40.7 Å². The molecule has 0 radical (unpaired) electrons. The minimum atomic E-state index is -0.666. The van der Waals surface area contributed by atoms with Crippen molar-refractivity contribution < 1.29 is 14.3 Å². The second-order valence-corrected chi connectivity index (χ2v) is 7.88. The highest BCUT2D eigenvalue weighted by Gasteiger charge is 2.20. The molecule has 2 aromatic heterocycles. The summed E-state index contributed by atoms with van der Waals surface area (Å²) in [6.45, 7) is 3.15. The molecule has 0 aliphatic carbocycles. The normalized spacial score (nSPS) is 14.6. The Morgan fingerprint density at radius 1 is 1.16 bits per heavy atom. The maximum absolute atomic E-state index is 13.1. The third-order valence-corrected chi connectivity index (χ3v) is 5.59. The van der Waals surface area contributed by atoms with Crippen molar-refractivity contribution in [3.63, 3.8) is 0 Å². The van der Waals surface area contributed by atoms with Gasteiger partial charge in [-0.05, 0) is 61.7 Å². The van der Waals surface area contributed by atoms with Crippen molar-refractivity contribution in [2.24, 2.45) is 0 Å². The number of halogens is 1. The minimum Gasteiger partial charge on any atom is -0.505 e. The van der Waals surface area contributed by atoms with Crippen LogP contribution >= 0.6 is 0 Å². The number of carbonyl (C=O) groups excluding carboxylic acids is 1. The van der Waals surface area contributed by atoms with Gasteiger partial charge in [-0.1, -0.05) is 18.6 Å². The number of piperidine rings is 1. The number of aromatic amines is 1. The number of likely N-dealkylation sites (tertiary alicyclic amines) is 1. The molecular weight excluding hydrogens is 399 g/mol. The predicted octanol–water partition coefficient (Wildman–Crippen LogP) is 2.57.